The van der Waals surface area contributed by atoms with Crippen LogP contribution in [0.2, 0.25) is 0 Å². The molecule has 3 atom stereocenters. The fraction of sp³-hybridized carbons (Fsp3) is 0.261. The Hall–Kier alpha value is -3.42. The van der Waals surface area contributed by atoms with E-state index in [1.807, 2.05) is 0 Å². The minimum atomic E-state index is -0.999. The van der Waals surface area contributed by atoms with Crippen molar-refractivity contribution < 1.29 is 18.0 Å². The maximum Gasteiger partial charge on any atom is 0.272 e. The lowest BCUT2D eigenvalue weighted by molar-refractivity contribution is 0.0571. The third-order valence-electron chi connectivity index (χ3n) is 6.18. The summed E-state index contributed by atoms with van der Waals surface area (Å²) in [6, 6.07) is 9.83. The molecule has 0 spiro atoms. The van der Waals surface area contributed by atoms with Gasteiger partial charge in [0, 0.05) is 24.1 Å². The molecule has 0 saturated carbocycles. The van der Waals surface area contributed by atoms with E-state index < -0.39 is 34.8 Å². The molecule has 0 radical (unpaired) electrons. The number of aromatic nitrogens is 2. The molecule has 158 valence electrons. The molecule has 5 nitrogen and oxygen atoms in total. The van der Waals surface area contributed by atoms with E-state index in [2.05, 4.69) is 5.10 Å². The topological polar surface area (TPSA) is 55.2 Å². The summed E-state index contributed by atoms with van der Waals surface area (Å²) >= 11 is 0. The van der Waals surface area contributed by atoms with Crippen LogP contribution in [0.5, 0.6) is 0 Å². The van der Waals surface area contributed by atoms with Crippen molar-refractivity contribution in [3.63, 3.8) is 0 Å². The Bertz CT molecular complexity index is 1230. The second-order valence-corrected chi connectivity index (χ2v) is 7.89. The Labute approximate surface area is 175 Å². The minimum absolute atomic E-state index is 0.0873. The number of hydrogen-bond acceptors (Lipinski definition) is 3. The number of rotatable bonds is 3. The Morgan fingerprint density at radius 1 is 1.03 bits per heavy atom. The summed E-state index contributed by atoms with van der Waals surface area (Å²) in [6.45, 7) is 0.505. The molecule has 0 bridgehead atoms. The van der Waals surface area contributed by atoms with E-state index in [4.69, 9.17) is 0 Å². The van der Waals surface area contributed by atoms with Crippen molar-refractivity contribution >= 4 is 5.91 Å². The zero-order valence-electron chi connectivity index (χ0n) is 16.3. The van der Waals surface area contributed by atoms with Crippen LogP contribution >= 0.6 is 0 Å². The third-order valence-corrected chi connectivity index (χ3v) is 6.18. The van der Waals surface area contributed by atoms with Crippen LogP contribution in [-0.4, -0.2) is 33.2 Å². The van der Waals surface area contributed by atoms with Crippen LogP contribution in [0.15, 0.2) is 59.5 Å². The van der Waals surface area contributed by atoms with Crippen LogP contribution in [-0.2, 0) is 0 Å². The van der Waals surface area contributed by atoms with Crippen molar-refractivity contribution in [3.8, 4) is 0 Å². The lowest BCUT2D eigenvalue weighted by Gasteiger charge is -2.42. The van der Waals surface area contributed by atoms with Gasteiger partial charge in [-0.15, -0.1) is 0 Å². The van der Waals surface area contributed by atoms with Crippen molar-refractivity contribution in [1.82, 2.24) is 14.7 Å². The first-order chi connectivity index (χ1) is 15.0. The predicted octanol–water partition coefficient (Wildman–Crippen LogP) is 3.65. The van der Waals surface area contributed by atoms with E-state index >= 15 is 4.39 Å². The third kappa shape index (κ3) is 3.13. The second-order valence-electron chi connectivity index (χ2n) is 7.89. The predicted molar refractivity (Wildman–Crippen MR) is 106 cm³/mol. The first kappa shape index (κ1) is 19.5. The average molecular weight is 425 g/mol. The highest BCUT2D eigenvalue weighted by Gasteiger charge is 2.47. The summed E-state index contributed by atoms with van der Waals surface area (Å²) in [4.78, 5) is 26.6. The van der Waals surface area contributed by atoms with Crippen molar-refractivity contribution in [2.75, 3.05) is 6.54 Å². The van der Waals surface area contributed by atoms with Gasteiger partial charge in [0.25, 0.3) is 5.91 Å². The minimum Gasteiger partial charge on any atom is -0.332 e. The van der Waals surface area contributed by atoms with Crippen LogP contribution in [0, 0.1) is 17.5 Å². The van der Waals surface area contributed by atoms with E-state index in [0.29, 0.717) is 18.5 Å². The number of nitrogens with zero attached hydrogens (tertiary/aromatic N) is 3. The molecule has 0 unspecified atom stereocenters. The number of hydrogen-bond donors (Lipinski definition) is 0. The van der Waals surface area contributed by atoms with Crippen molar-refractivity contribution in [2.24, 2.45) is 0 Å². The molecule has 1 fully saturated rings. The van der Waals surface area contributed by atoms with Gasteiger partial charge in [-0.05, 0) is 36.6 Å². The number of fused-ring (bicyclic) bond motifs is 2. The standard InChI is InChI=1S/C23H18F3N3O2/c24-14-8-6-13(7-9-14)20(16-3-1-4-17(25)21(16)26)22-18-5-2-10-28(18)23(31)19-11-15(30)12-27-29(19)22/h1,3-4,6-9,11-12,18,20,22H,2,5,10H2/t18-,20-,22-/m1/s1. The first-order valence-electron chi connectivity index (χ1n) is 10.0. The highest BCUT2D eigenvalue weighted by Crippen LogP contribution is 2.45. The van der Waals surface area contributed by atoms with E-state index in [9.17, 15) is 18.4 Å². The SMILES string of the molecule is O=C1c2cc(=O)cnn2[C@@H]([C@H](c2ccc(F)cc2)c2cccc(F)c2F)[C@H]2CCCN12. The first-order valence-corrected chi connectivity index (χ1v) is 10.0. The Kier molecular flexibility index (Phi) is 4.64. The molecule has 0 aliphatic carbocycles. The lowest BCUT2D eigenvalue weighted by atomic mass is 9.79. The molecule has 3 heterocycles. The molecule has 1 aromatic heterocycles. The number of benzene rings is 2. The van der Waals surface area contributed by atoms with Gasteiger partial charge in [-0.1, -0.05) is 24.3 Å². The summed E-state index contributed by atoms with van der Waals surface area (Å²) in [6.07, 6.45) is 2.50. The van der Waals surface area contributed by atoms with Crippen LogP contribution < -0.4 is 5.43 Å². The van der Waals surface area contributed by atoms with Crippen molar-refractivity contribution in [3.05, 3.63) is 99.2 Å². The Morgan fingerprint density at radius 3 is 2.58 bits per heavy atom. The van der Waals surface area contributed by atoms with Gasteiger partial charge < -0.3 is 4.90 Å². The van der Waals surface area contributed by atoms with Gasteiger partial charge in [-0.3, -0.25) is 14.3 Å². The summed E-state index contributed by atoms with van der Waals surface area (Å²) in [5.74, 6) is -3.51. The Morgan fingerprint density at radius 2 is 1.81 bits per heavy atom. The molecule has 2 aliphatic heterocycles. The fourth-order valence-corrected chi connectivity index (χ4v) is 4.88. The lowest BCUT2D eigenvalue weighted by Crippen LogP contribution is -2.50. The normalized spacial score (nSPS) is 21.0. The summed E-state index contributed by atoms with van der Waals surface area (Å²) < 4.78 is 44.3. The zero-order valence-corrected chi connectivity index (χ0v) is 16.3. The summed E-state index contributed by atoms with van der Waals surface area (Å²) in [7, 11) is 0. The van der Waals surface area contributed by atoms with Gasteiger partial charge in [-0.25, -0.2) is 13.2 Å². The molecule has 2 aliphatic rings. The highest BCUT2D eigenvalue weighted by molar-refractivity contribution is 5.93. The van der Waals surface area contributed by atoms with Gasteiger partial charge in [0.05, 0.1) is 18.3 Å². The van der Waals surface area contributed by atoms with Gasteiger partial charge in [0.1, 0.15) is 11.5 Å². The zero-order chi connectivity index (χ0) is 21.7. The number of halogens is 3. The summed E-state index contributed by atoms with van der Waals surface area (Å²) in [5.41, 5.74) is 0.346. The average Bonchev–Trinajstić information content (AvgIpc) is 3.25. The molecular formula is C23H18F3N3O2. The van der Waals surface area contributed by atoms with Crippen LogP contribution in [0.4, 0.5) is 13.2 Å². The number of carbonyl (C=O) groups is 1. The largest absolute Gasteiger partial charge is 0.332 e. The monoisotopic (exact) mass is 425 g/mol. The number of amides is 1. The van der Waals surface area contributed by atoms with E-state index in [1.54, 1.807) is 4.90 Å². The molecule has 1 amide bonds. The van der Waals surface area contributed by atoms with Gasteiger partial charge in [0.15, 0.2) is 11.6 Å². The molecule has 1 saturated heterocycles. The molecular weight excluding hydrogens is 407 g/mol. The second kappa shape index (κ2) is 7.37. The van der Waals surface area contributed by atoms with E-state index in [0.717, 1.165) is 18.7 Å². The molecule has 3 aromatic rings. The maximum absolute atomic E-state index is 15.0. The molecule has 5 rings (SSSR count). The van der Waals surface area contributed by atoms with E-state index in [-0.39, 0.29) is 23.2 Å². The van der Waals surface area contributed by atoms with Crippen molar-refractivity contribution in [2.45, 2.75) is 30.8 Å². The smallest absolute Gasteiger partial charge is 0.272 e. The molecule has 31 heavy (non-hydrogen) atoms. The molecule has 2 aromatic carbocycles. The highest BCUT2D eigenvalue weighted by atomic mass is 19.2. The maximum atomic E-state index is 15.0. The number of carbonyl (C=O) groups excluding carboxylic acids is 1. The van der Waals surface area contributed by atoms with Crippen LogP contribution in [0.1, 0.15) is 46.4 Å². The summed E-state index contributed by atoms with van der Waals surface area (Å²) in [5, 5.41) is 4.22. The van der Waals surface area contributed by atoms with Gasteiger partial charge >= 0.3 is 0 Å². The fourth-order valence-electron chi connectivity index (χ4n) is 4.88. The van der Waals surface area contributed by atoms with Crippen LogP contribution in [0.25, 0.3) is 0 Å². The van der Waals surface area contributed by atoms with Crippen LogP contribution in [0.3, 0.4) is 0 Å². The quantitative estimate of drug-likeness (QED) is 0.644. The Balaban J connectivity index is 1.78. The van der Waals surface area contributed by atoms with Gasteiger partial charge in [-0.2, -0.15) is 5.10 Å². The molecule has 8 heteroatoms. The van der Waals surface area contributed by atoms with Crippen molar-refractivity contribution in [1.29, 1.82) is 0 Å². The van der Waals surface area contributed by atoms with Gasteiger partial charge in [0.2, 0.25) is 5.43 Å². The molecule has 0 N–H and O–H groups in total. The van der Waals surface area contributed by atoms with E-state index in [1.165, 1.54) is 47.1 Å².